The number of amides is 1. The molecule has 2 rings (SSSR count). The summed E-state index contributed by atoms with van der Waals surface area (Å²) in [5.74, 6) is -1.09. The number of hydrogen-bond acceptors (Lipinski definition) is 3. The van der Waals surface area contributed by atoms with Crippen molar-refractivity contribution in [3.05, 3.63) is 59.4 Å². The van der Waals surface area contributed by atoms with Gasteiger partial charge < -0.3 is 11.1 Å². The zero-order valence-electron chi connectivity index (χ0n) is 10.8. The molecule has 0 heterocycles. The fourth-order valence-electron chi connectivity index (χ4n) is 1.73. The second-order valence-electron chi connectivity index (χ2n) is 4.36. The molecule has 2 aromatic rings. The maximum absolute atomic E-state index is 13.2. The van der Waals surface area contributed by atoms with Crippen LogP contribution < -0.4 is 11.1 Å². The molecule has 0 bridgehead atoms. The number of hydrogen-bond donors (Lipinski definition) is 2. The summed E-state index contributed by atoms with van der Waals surface area (Å²) in [6.45, 7) is 1.46. The molecule has 4 nitrogen and oxygen atoms in total. The summed E-state index contributed by atoms with van der Waals surface area (Å²) >= 11 is 0. The van der Waals surface area contributed by atoms with Gasteiger partial charge in [0.1, 0.15) is 5.82 Å². The molecule has 0 radical (unpaired) electrons. The number of carbonyl (C=O) groups is 2. The average molecular weight is 272 g/mol. The van der Waals surface area contributed by atoms with E-state index in [1.165, 1.54) is 13.0 Å². The number of nitrogens with two attached hydrogens (primary N) is 1. The van der Waals surface area contributed by atoms with Crippen LogP contribution in [0, 0.1) is 5.82 Å². The molecule has 0 aliphatic heterocycles. The molecule has 20 heavy (non-hydrogen) atoms. The molecule has 5 heteroatoms. The third-order valence-corrected chi connectivity index (χ3v) is 2.73. The first kappa shape index (κ1) is 13.7. The predicted octanol–water partition coefficient (Wildman–Crippen LogP) is 2.86. The van der Waals surface area contributed by atoms with E-state index in [1.807, 2.05) is 0 Å². The van der Waals surface area contributed by atoms with Crippen LogP contribution in [0.2, 0.25) is 0 Å². The molecule has 0 saturated carbocycles. The molecule has 0 unspecified atom stereocenters. The van der Waals surface area contributed by atoms with Gasteiger partial charge in [0.2, 0.25) is 0 Å². The van der Waals surface area contributed by atoms with E-state index in [-0.39, 0.29) is 17.0 Å². The molecule has 0 aromatic heterocycles. The summed E-state index contributed by atoms with van der Waals surface area (Å²) in [4.78, 5) is 23.1. The first-order valence-electron chi connectivity index (χ1n) is 5.94. The van der Waals surface area contributed by atoms with E-state index in [0.29, 0.717) is 11.3 Å². The van der Waals surface area contributed by atoms with Gasteiger partial charge in [-0.25, -0.2) is 4.39 Å². The second kappa shape index (κ2) is 5.52. The van der Waals surface area contributed by atoms with E-state index in [1.54, 1.807) is 24.3 Å². The third kappa shape index (κ3) is 3.20. The summed E-state index contributed by atoms with van der Waals surface area (Å²) in [5.41, 5.74) is 6.88. The van der Waals surface area contributed by atoms with Crippen LogP contribution in [-0.4, -0.2) is 11.7 Å². The molecular formula is C15H13FN2O2. The Hall–Kier alpha value is -2.69. The van der Waals surface area contributed by atoms with Gasteiger partial charge in [0, 0.05) is 22.5 Å². The van der Waals surface area contributed by atoms with Crippen LogP contribution >= 0.6 is 0 Å². The van der Waals surface area contributed by atoms with Crippen molar-refractivity contribution < 1.29 is 14.0 Å². The fraction of sp³-hybridized carbons (Fsp3) is 0.0667. The van der Waals surface area contributed by atoms with Crippen molar-refractivity contribution in [3.8, 4) is 0 Å². The molecule has 1 amide bonds. The Labute approximate surface area is 115 Å². The van der Waals surface area contributed by atoms with Crippen molar-refractivity contribution in [1.82, 2.24) is 0 Å². The highest BCUT2D eigenvalue weighted by Crippen LogP contribution is 2.14. The van der Waals surface area contributed by atoms with E-state index in [2.05, 4.69) is 5.32 Å². The number of nitrogens with one attached hydrogen (secondary N) is 1. The van der Waals surface area contributed by atoms with Crippen molar-refractivity contribution >= 4 is 23.1 Å². The van der Waals surface area contributed by atoms with Gasteiger partial charge in [-0.3, -0.25) is 9.59 Å². The fourth-order valence-corrected chi connectivity index (χ4v) is 1.73. The SMILES string of the molecule is CC(=O)c1ccc(NC(=O)c2cc(N)cc(F)c2)cc1. The highest BCUT2D eigenvalue weighted by Gasteiger charge is 2.09. The molecule has 0 atom stereocenters. The number of Topliss-reactive ketones (excluding diaryl/α,β-unsaturated/α-hetero) is 1. The predicted molar refractivity (Wildman–Crippen MR) is 75.2 cm³/mol. The standard InChI is InChI=1S/C15H13FN2O2/c1-9(19)10-2-4-14(5-3-10)18-15(20)11-6-12(16)8-13(17)7-11/h2-8H,17H2,1H3,(H,18,20). The molecule has 0 spiro atoms. The van der Waals surface area contributed by atoms with Crippen molar-refractivity contribution in [2.75, 3.05) is 11.1 Å². The van der Waals surface area contributed by atoms with Gasteiger partial charge in [-0.15, -0.1) is 0 Å². The number of ketones is 1. The Balaban J connectivity index is 2.16. The molecule has 2 aromatic carbocycles. The number of anilines is 2. The highest BCUT2D eigenvalue weighted by atomic mass is 19.1. The monoisotopic (exact) mass is 272 g/mol. The number of nitrogen functional groups attached to an aromatic ring is 1. The van der Waals surface area contributed by atoms with Gasteiger partial charge in [-0.05, 0) is 49.4 Å². The van der Waals surface area contributed by atoms with Gasteiger partial charge >= 0.3 is 0 Å². The van der Waals surface area contributed by atoms with E-state index < -0.39 is 11.7 Å². The Morgan fingerprint density at radius 3 is 2.25 bits per heavy atom. The lowest BCUT2D eigenvalue weighted by Crippen LogP contribution is -2.12. The highest BCUT2D eigenvalue weighted by molar-refractivity contribution is 6.05. The van der Waals surface area contributed by atoms with Crippen LogP contribution in [0.15, 0.2) is 42.5 Å². The molecule has 102 valence electrons. The first-order chi connectivity index (χ1) is 9.45. The molecule has 3 N–H and O–H groups in total. The average Bonchev–Trinajstić information content (AvgIpc) is 2.38. The van der Waals surface area contributed by atoms with E-state index in [9.17, 15) is 14.0 Å². The molecule has 0 saturated heterocycles. The number of rotatable bonds is 3. The quantitative estimate of drug-likeness (QED) is 0.666. The topological polar surface area (TPSA) is 72.2 Å². The van der Waals surface area contributed by atoms with Crippen molar-refractivity contribution in [3.63, 3.8) is 0 Å². The normalized spacial score (nSPS) is 10.1. The van der Waals surface area contributed by atoms with Gasteiger partial charge in [-0.2, -0.15) is 0 Å². The summed E-state index contributed by atoms with van der Waals surface area (Å²) in [6, 6.07) is 10.1. The van der Waals surface area contributed by atoms with Crippen LogP contribution in [0.5, 0.6) is 0 Å². The van der Waals surface area contributed by atoms with Gasteiger partial charge in [-0.1, -0.05) is 0 Å². The van der Waals surface area contributed by atoms with Crippen molar-refractivity contribution in [1.29, 1.82) is 0 Å². The zero-order valence-corrected chi connectivity index (χ0v) is 10.8. The Bertz CT molecular complexity index is 646. The molecule has 0 aliphatic rings. The van der Waals surface area contributed by atoms with Gasteiger partial charge in [0.25, 0.3) is 5.91 Å². The van der Waals surface area contributed by atoms with Crippen LogP contribution in [0.1, 0.15) is 27.6 Å². The van der Waals surface area contributed by atoms with Crippen LogP contribution in [-0.2, 0) is 0 Å². The summed E-state index contributed by atoms with van der Waals surface area (Å²) in [5, 5.41) is 2.61. The Morgan fingerprint density at radius 2 is 1.70 bits per heavy atom. The van der Waals surface area contributed by atoms with E-state index in [0.717, 1.165) is 12.1 Å². The molecular weight excluding hydrogens is 259 g/mol. The van der Waals surface area contributed by atoms with Crippen molar-refractivity contribution in [2.24, 2.45) is 0 Å². The van der Waals surface area contributed by atoms with Crippen molar-refractivity contribution in [2.45, 2.75) is 6.92 Å². The molecule has 0 fully saturated rings. The largest absolute Gasteiger partial charge is 0.399 e. The van der Waals surface area contributed by atoms with E-state index in [4.69, 9.17) is 5.73 Å². The summed E-state index contributed by atoms with van der Waals surface area (Å²) in [7, 11) is 0. The Kier molecular flexibility index (Phi) is 3.79. The third-order valence-electron chi connectivity index (χ3n) is 2.73. The lowest BCUT2D eigenvalue weighted by Gasteiger charge is -2.06. The minimum absolute atomic E-state index is 0.0548. The van der Waals surface area contributed by atoms with Crippen LogP contribution in [0.25, 0.3) is 0 Å². The smallest absolute Gasteiger partial charge is 0.255 e. The van der Waals surface area contributed by atoms with E-state index >= 15 is 0 Å². The van der Waals surface area contributed by atoms with Crippen LogP contribution in [0.4, 0.5) is 15.8 Å². The first-order valence-corrected chi connectivity index (χ1v) is 5.94. The summed E-state index contributed by atoms with van der Waals surface area (Å²) < 4.78 is 13.2. The van der Waals surface area contributed by atoms with Crippen LogP contribution in [0.3, 0.4) is 0 Å². The maximum atomic E-state index is 13.2. The van der Waals surface area contributed by atoms with Gasteiger partial charge in [0.05, 0.1) is 0 Å². The summed E-state index contributed by atoms with van der Waals surface area (Å²) in [6.07, 6.45) is 0. The Morgan fingerprint density at radius 1 is 1.05 bits per heavy atom. The maximum Gasteiger partial charge on any atom is 0.255 e. The van der Waals surface area contributed by atoms with Gasteiger partial charge in [0.15, 0.2) is 5.78 Å². The number of carbonyl (C=O) groups excluding carboxylic acids is 2. The lowest BCUT2D eigenvalue weighted by atomic mass is 10.1. The minimum atomic E-state index is -0.568. The lowest BCUT2D eigenvalue weighted by molar-refractivity contribution is 0.101. The second-order valence-corrected chi connectivity index (χ2v) is 4.36. The number of halogens is 1. The number of benzene rings is 2. The molecule has 0 aliphatic carbocycles. The minimum Gasteiger partial charge on any atom is -0.399 e. The zero-order chi connectivity index (χ0) is 14.7.